The number of carbonyl (C=O) groups excluding carboxylic acids is 1. The second-order valence-corrected chi connectivity index (χ2v) is 8.80. The number of sulfonamides is 1. The fourth-order valence-corrected chi connectivity index (χ4v) is 4.37. The molecule has 33 heavy (non-hydrogen) atoms. The largest absolute Gasteiger partial charge is 0.271 e. The lowest BCUT2D eigenvalue weighted by Crippen LogP contribution is -2.40. The molecule has 0 aliphatic carbocycles. The molecule has 0 radical (unpaired) electrons. The molecule has 1 amide bonds. The van der Waals surface area contributed by atoms with Crippen LogP contribution in [-0.4, -0.2) is 32.0 Å². The Kier molecular flexibility index (Phi) is 7.36. The number of para-hydroxylation sites is 1. The Morgan fingerprint density at radius 3 is 2.45 bits per heavy atom. The van der Waals surface area contributed by atoms with Gasteiger partial charge in [0.05, 0.1) is 21.7 Å². The third-order valence-electron chi connectivity index (χ3n) is 4.32. The van der Waals surface area contributed by atoms with E-state index in [0.717, 1.165) is 18.3 Å². The summed E-state index contributed by atoms with van der Waals surface area (Å²) in [6, 6.07) is 16.1. The van der Waals surface area contributed by atoms with Crippen molar-refractivity contribution in [1.29, 1.82) is 0 Å². The van der Waals surface area contributed by atoms with Crippen LogP contribution in [0.15, 0.2) is 82.8 Å². The molecule has 0 unspecified atom stereocenters. The number of amides is 1. The van der Waals surface area contributed by atoms with Gasteiger partial charge < -0.3 is 0 Å². The molecule has 0 heterocycles. The number of nitrogens with zero attached hydrogens (tertiary/aromatic N) is 3. The van der Waals surface area contributed by atoms with E-state index in [1.807, 2.05) is 0 Å². The van der Waals surface area contributed by atoms with E-state index in [-0.39, 0.29) is 26.9 Å². The zero-order valence-electron chi connectivity index (χ0n) is 16.8. The van der Waals surface area contributed by atoms with Gasteiger partial charge in [0.25, 0.3) is 21.6 Å². The fraction of sp³-hybridized carbons (Fsp3) is 0.0476. The van der Waals surface area contributed by atoms with Crippen molar-refractivity contribution in [2.75, 3.05) is 10.8 Å². The van der Waals surface area contributed by atoms with Gasteiger partial charge in [0.2, 0.25) is 0 Å². The van der Waals surface area contributed by atoms with E-state index in [2.05, 4.69) is 10.5 Å². The number of nitrogens with one attached hydrogen (secondary N) is 1. The normalized spacial score (nSPS) is 11.3. The predicted octanol–water partition coefficient (Wildman–Crippen LogP) is 3.73. The van der Waals surface area contributed by atoms with Gasteiger partial charge in [0, 0.05) is 22.7 Å². The molecular formula is C21H16ClFN4O5S. The molecule has 0 saturated heterocycles. The lowest BCUT2D eigenvalue weighted by Gasteiger charge is -2.24. The van der Waals surface area contributed by atoms with Crippen LogP contribution in [0, 0.1) is 15.9 Å². The molecule has 0 atom stereocenters. The van der Waals surface area contributed by atoms with Gasteiger partial charge in [-0.2, -0.15) is 5.10 Å². The maximum Gasteiger partial charge on any atom is 0.270 e. The van der Waals surface area contributed by atoms with Crippen LogP contribution in [0.3, 0.4) is 0 Å². The van der Waals surface area contributed by atoms with E-state index < -0.39 is 33.2 Å². The van der Waals surface area contributed by atoms with E-state index >= 15 is 0 Å². The number of anilines is 1. The zero-order valence-corrected chi connectivity index (χ0v) is 18.3. The highest BCUT2D eigenvalue weighted by Crippen LogP contribution is 2.26. The molecule has 170 valence electrons. The van der Waals surface area contributed by atoms with Gasteiger partial charge in [0.15, 0.2) is 0 Å². The Labute approximate surface area is 193 Å². The third-order valence-corrected chi connectivity index (χ3v) is 6.44. The minimum absolute atomic E-state index is 0.132. The first kappa shape index (κ1) is 23.8. The van der Waals surface area contributed by atoms with Crippen molar-refractivity contribution in [3.63, 3.8) is 0 Å². The summed E-state index contributed by atoms with van der Waals surface area (Å²) >= 11 is 5.97. The second kappa shape index (κ2) is 10.2. The van der Waals surface area contributed by atoms with Crippen LogP contribution in [-0.2, 0) is 14.8 Å². The lowest BCUT2D eigenvalue weighted by atomic mass is 10.2. The van der Waals surface area contributed by atoms with Crippen molar-refractivity contribution in [2.45, 2.75) is 4.90 Å². The Morgan fingerprint density at radius 2 is 1.79 bits per heavy atom. The fourth-order valence-electron chi connectivity index (χ4n) is 2.76. The summed E-state index contributed by atoms with van der Waals surface area (Å²) in [5.41, 5.74) is 1.74. The Bertz CT molecular complexity index is 1320. The molecule has 3 rings (SSSR count). The summed E-state index contributed by atoms with van der Waals surface area (Å²) < 4.78 is 41.3. The van der Waals surface area contributed by atoms with Gasteiger partial charge in [-0.3, -0.25) is 19.2 Å². The standard InChI is InChI=1S/C21H16ClFN4O5S/c22-18-11-10-16(27(29)30)12-15(18)13-24-25-21(28)14-26(20-9-5-4-8-19(20)23)33(31,32)17-6-2-1-3-7-17/h1-13H,14H2,(H,25,28)/b24-13-. The summed E-state index contributed by atoms with van der Waals surface area (Å²) in [6.07, 6.45) is 1.08. The highest BCUT2D eigenvalue weighted by molar-refractivity contribution is 7.92. The van der Waals surface area contributed by atoms with Crippen molar-refractivity contribution in [2.24, 2.45) is 5.10 Å². The zero-order chi connectivity index (χ0) is 24.0. The first-order valence-corrected chi connectivity index (χ1v) is 11.1. The summed E-state index contributed by atoms with van der Waals surface area (Å²) in [7, 11) is -4.29. The Hall–Kier alpha value is -3.83. The molecule has 1 N–H and O–H groups in total. The van der Waals surface area contributed by atoms with Crippen LogP contribution in [0.4, 0.5) is 15.8 Å². The smallest absolute Gasteiger partial charge is 0.270 e. The van der Waals surface area contributed by atoms with Crippen LogP contribution in [0.1, 0.15) is 5.56 Å². The van der Waals surface area contributed by atoms with E-state index in [4.69, 9.17) is 11.6 Å². The highest BCUT2D eigenvalue weighted by atomic mass is 35.5. The summed E-state index contributed by atoms with van der Waals surface area (Å²) in [4.78, 5) is 22.6. The summed E-state index contributed by atoms with van der Waals surface area (Å²) in [5, 5.41) is 14.7. The minimum Gasteiger partial charge on any atom is -0.271 e. The monoisotopic (exact) mass is 490 g/mol. The summed E-state index contributed by atoms with van der Waals surface area (Å²) in [5.74, 6) is -1.72. The topological polar surface area (TPSA) is 122 Å². The number of rotatable bonds is 8. The van der Waals surface area contributed by atoms with Gasteiger partial charge in [-0.1, -0.05) is 41.9 Å². The molecule has 3 aromatic carbocycles. The molecule has 0 spiro atoms. The SMILES string of the molecule is O=C(CN(c1ccccc1F)S(=O)(=O)c1ccccc1)N/N=C\c1cc([N+](=O)[O-])ccc1Cl. The summed E-state index contributed by atoms with van der Waals surface area (Å²) in [6.45, 7) is -0.780. The predicted molar refractivity (Wildman–Crippen MR) is 121 cm³/mol. The number of hydrogen-bond acceptors (Lipinski definition) is 6. The molecule has 0 aliphatic rings. The van der Waals surface area contributed by atoms with Crippen LogP contribution in [0.5, 0.6) is 0 Å². The molecule has 0 saturated carbocycles. The number of nitro groups is 1. The Balaban J connectivity index is 1.85. The van der Waals surface area contributed by atoms with Crippen LogP contribution in [0.25, 0.3) is 0 Å². The highest BCUT2D eigenvalue weighted by Gasteiger charge is 2.28. The van der Waals surface area contributed by atoms with E-state index in [1.165, 1.54) is 54.6 Å². The first-order valence-electron chi connectivity index (χ1n) is 9.28. The van der Waals surface area contributed by atoms with Crippen LogP contribution >= 0.6 is 11.6 Å². The Morgan fingerprint density at radius 1 is 1.12 bits per heavy atom. The molecule has 0 bridgehead atoms. The van der Waals surface area contributed by atoms with E-state index in [1.54, 1.807) is 6.07 Å². The molecule has 9 nitrogen and oxygen atoms in total. The molecule has 0 fully saturated rings. The average Bonchev–Trinajstić information content (AvgIpc) is 2.79. The maximum atomic E-state index is 14.4. The van der Waals surface area contributed by atoms with Crippen molar-refractivity contribution in [3.8, 4) is 0 Å². The van der Waals surface area contributed by atoms with Crippen molar-refractivity contribution < 1.29 is 22.5 Å². The van der Waals surface area contributed by atoms with E-state index in [9.17, 15) is 27.7 Å². The van der Waals surface area contributed by atoms with Crippen molar-refractivity contribution in [1.82, 2.24) is 5.43 Å². The van der Waals surface area contributed by atoms with Gasteiger partial charge >= 0.3 is 0 Å². The lowest BCUT2D eigenvalue weighted by molar-refractivity contribution is -0.384. The average molecular weight is 491 g/mol. The number of benzene rings is 3. The van der Waals surface area contributed by atoms with Crippen molar-refractivity contribution >= 4 is 45.1 Å². The quantitative estimate of drug-likeness (QED) is 0.293. The van der Waals surface area contributed by atoms with Gasteiger partial charge in [-0.25, -0.2) is 18.2 Å². The third kappa shape index (κ3) is 5.70. The number of nitro benzene ring substituents is 1. The second-order valence-electron chi connectivity index (χ2n) is 6.53. The molecule has 3 aromatic rings. The van der Waals surface area contributed by atoms with E-state index in [0.29, 0.717) is 4.31 Å². The number of hydrogen-bond donors (Lipinski definition) is 1. The number of non-ortho nitro benzene ring substituents is 1. The number of hydrazone groups is 1. The molecule has 0 aromatic heterocycles. The maximum absolute atomic E-state index is 14.4. The molecule has 12 heteroatoms. The van der Waals surface area contributed by atoms with Gasteiger partial charge in [0.1, 0.15) is 12.4 Å². The van der Waals surface area contributed by atoms with Crippen LogP contribution in [0.2, 0.25) is 5.02 Å². The number of halogens is 2. The van der Waals surface area contributed by atoms with Gasteiger partial charge in [-0.05, 0) is 30.3 Å². The molecular weight excluding hydrogens is 475 g/mol. The first-order chi connectivity index (χ1) is 15.7. The molecule has 0 aliphatic heterocycles. The van der Waals surface area contributed by atoms with Crippen molar-refractivity contribution in [3.05, 3.63) is 99.3 Å². The van der Waals surface area contributed by atoms with Crippen LogP contribution < -0.4 is 9.73 Å². The minimum atomic E-state index is -4.29. The van der Waals surface area contributed by atoms with Gasteiger partial charge in [-0.15, -0.1) is 0 Å². The number of carbonyl (C=O) groups is 1.